The highest BCUT2D eigenvalue weighted by molar-refractivity contribution is 6.30. The van der Waals surface area contributed by atoms with Crippen molar-refractivity contribution in [2.45, 2.75) is 30.4 Å². The van der Waals surface area contributed by atoms with Crippen molar-refractivity contribution in [1.82, 2.24) is 0 Å². The van der Waals surface area contributed by atoms with Gasteiger partial charge in [-0.25, -0.2) is 0 Å². The first kappa shape index (κ1) is 9.50. The lowest BCUT2D eigenvalue weighted by Gasteiger charge is -2.18. The predicted octanol–water partition coefficient (Wildman–Crippen LogP) is 1.27. The fourth-order valence-electron chi connectivity index (χ4n) is 0.437. The molecule has 2 nitrogen and oxygen atoms in total. The number of alkyl halides is 2. The maximum absolute atomic E-state index is 8.61. The maximum Gasteiger partial charge on any atom is 0.260 e. The van der Waals surface area contributed by atoms with Crippen molar-refractivity contribution in [3.05, 3.63) is 0 Å². The van der Waals surface area contributed by atoms with Gasteiger partial charge in [-0.05, 0) is 6.42 Å². The molecule has 0 bridgehead atoms. The molecule has 0 rings (SSSR count). The standard InChI is InChI=1S/C5H10Cl2O2/c1-2-3-4(6)5(7,8)9/h4,8-9H,2-3H2,1H3. The molecular formula is C5H10Cl2O2. The summed E-state index contributed by atoms with van der Waals surface area (Å²) in [6.45, 7) is 1.89. The fourth-order valence-corrected chi connectivity index (χ4v) is 0.764. The molecule has 0 aliphatic heterocycles. The average molecular weight is 173 g/mol. The van der Waals surface area contributed by atoms with E-state index in [0.717, 1.165) is 6.42 Å². The molecular weight excluding hydrogens is 163 g/mol. The molecule has 4 heteroatoms. The smallest absolute Gasteiger partial charge is 0.260 e. The van der Waals surface area contributed by atoms with Gasteiger partial charge in [0, 0.05) is 0 Å². The molecule has 1 atom stereocenters. The SMILES string of the molecule is CCCC(Cl)C(O)(O)Cl. The van der Waals surface area contributed by atoms with Crippen LogP contribution in [0.2, 0.25) is 0 Å². The van der Waals surface area contributed by atoms with E-state index < -0.39 is 10.6 Å². The van der Waals surface area contributed by atoms with Crippen molar-refractivity contribution in [2.75, 3.05) is 0 Å². The summed E-state index contributed by atoms with van der Waals surface area (Å²) in [5, 5.41) is 14.2. The van der Waals surface area contributed by atoms with Crippen LogP contribution in [0.1, 0.15) is 19.8 Å². The second kappa shape index (κ2) is 3.62. The molecule has 0 aromatic heterocycles. The van der Waals surface area contributed by atoms with Crippen LogP contribution in [0.4, 0.5) is 0 Å². The van der Waals surface area contributed by atoms with Crippen LogP contribution < -0.4 is 0 Å². The minimum Gasteiger partial charge on any atom is -0.352 e. The van der Waals surface area contributed by atoms with E-state index in [1.165, 1.54) is 0 Å². The van der Waals surface area contributed by atoms with Crippen LogP contribution in [0.25, 0.3) is 0 Å². The predicted molar refractivity (Wildman–Crippen MR) is 37.6 cm³/mol. The molecule has 0 fully saturated rings. The van der Waals surface area contributed by atoms with Gasteiger partial charge in [0.1, 0.15) is 5.38 Å². The van der Waals surface area contributed by atoms with E-state index in [9.17, 15) is 0 Å². The summed E-state index contributed by atoms with van der Waals surface area (Å²) in [6, 6.07) is 0. The summed E-state index contributed by atoms with van der Waals surface area (Å²) in [5.41, 5.74) is 0. The topological polar surface area (TPSA) is 40.5 Å². The van der Waals surface area contributed by atoms with Gasteiger partial charge in [0.2, 0.25) is 0 Å². The second-order valence-corrected chi connectivity index (χ2v) is 2.98. The zero-order chi connectivity index (χ0) is 7.49. The Morgan fingerprint density at radius 2 is 2.00 bits per heavy atom. The van der Waals surface area contributed by atoms with Gasteiger partial charge < -0.3 is 10.2 Å². The molecule has 0 saturated carbocycles. The van der Waals surface area contributed by atoms with Gasteiger partial charge in [-0.15, -0.1) is 11.6 Å². The van der Waals surface area contributed by atoms with Gasteiger partial charge in [0.15, 0.2) is 0 Å². The first-order valence-corrected chi connectivity index (χ1v) is 3.57. The van der Waals surface area contributed by atoms with E-state index in [1.54, 1.807) is 0 Å². The van der Waals surface area contributed by atoms with Gasteiger partial charge in [-0.1, -0.05) is 24.9 Å². The Balaban J connectivity index is 3.59. The van der Waals surface area contributed by atoms with Crippen molar-refractivity contribution >= 4 is 23.2 Å². The Hall–Kier alpha value is 0.500. The number of rotatable bonds is 3. The average Bonchev–Trinajstić information content (AvgIpc) is 1.64. The minimum atomic E-state index is -2.25. The van der Waals surface area contributed by atoms with E-state index in [4.69, 9.17) is 33.4 Å². The molecule has 9 heavy (non-hydrogen) atoms. The molecule has 2 N–H and O–H groups in total. The van der Waals surface area contributed by atoms with Crippen LogP contribution in [0.5, 0.6) is 0 Å². The van der Waals surface area contributed by atoms with E-state index in [1.807, 2.05) is 6.92 Å². The van der Waals surface area contributed by atoms with Gasteiger partial charge >= 0.3 is 0 Å². The monoisotopic (exact) mass is 172 g/mol. The first-order chi connectivity index (χ1) is 3.98. The summed E-state index contributed by atoms with van der Waals surface area (Å²) < 4.78 is 0. The zero-order valence-corrected chi connectivity index (χ0v) is 6.65. The lowest BCUT2D eigenvalue weighted by molar-refractivity contribution is -0.0870. The molecule has 0 aromatic carbocycles. The third-order valence-electron chi connectivity index (χ3n) is 0.941. The Morgan fingerprint density at radius 3 is 2.11 bits per heavy atom. The Kier molecular flexibility index (Phi) is 3.82. The van der Waals surface area contributed by atoms with E-state index >= 15 is 0 Å². The molecule has 0 saturated heterocycles. The third-order valence-corrected chi connectivity index (χ3v) is 1.84. The number of aliphatic hydroxyl groups is 2. The van der Waals surface area contributed by atoms with Crippen molar-refractivity contribution in [1.29, 1.82) is 0 Å². The molecule has 0 spiro atoms. The highest BCUT2D eigenvalue weighted by atomic mass is 35.5. The third kappa shape index (κ3) is 3.98. The second-order valence-electron chi connectivity index (χ2n) is 1.89. The van der Waals surface area contributed by atoms with E-state index in [2.05, 4.69) is 0 Å². The number of hydrogen-bond donors (Lipinski definition) is 2. The molecule has 0 amide bonds. The van der Waals surface area contributed by atoms with E-state index in [0.29, 0.717) is 6.42 Å². The normalized spacial score (nSPS) is 15.7. The summed E-state index contributed by atoms with van der Waals surface area (Å²) in [6.07, 6.45) is 1.28. The summed E-state index contributed by atoms with van der Waals surface area (Å²) in [7, 11) is 0. The fraction of sp³-hybridized carbons (Fsp3) is 1.00. The number of halogens is 2. The van der Waals surface area contributed by atoms with Crippen LogP contribution in [-0.4, -0.2) is 20.8 Å². The molecule has 0 aromatic rings. The van der Waals surface area contributed by atoms with Crippen LogP contribution in [0, 0.1) is 0 Å². The molecule has 0 aliphatic rings. The zero-order valence-electron chi connectivity index (χ0n) is 5.14. The van der Waals surface area contributed by atoms with Crippen LogP contribution >= 0.6 is 23.2 Å². The highest BCUT2D eigenvalue weighted by Gasteiger charge is 2.28. The van der Waals surface area contributed by atoms with Crippen molar-refractivity contribution in [2.24, 2.45) is 0 Å². The quantitative estimate of drug-likeness (QED) is 0.498. The van der Waals surface area contributed by atoms with Crippen LogP contribution in [0.15, 0.2) is 0 Å². The lowest BCUT2D eigenvalue weighted by atomic mass is 10.2. The molecule has 0 aliphatic carbocycles. The lowest BCUT2D eigenvalue weighted by Crippen LogP contribution is -2.31. The maximum atomic E-state index is 8.61. The van der Waals surface area contributed by atoms with Crippen molar-refractivity contribution < 1.29 is 10.2 Å². The highest BCUT2D eigenvalue weighted by Crippen LogP contribution is 2.21. The Bertz CT molecular complexity index is 79.5. The molecule has 0 heterocycles. The Labute approximate surface area is 64.4 Å². The molecule has 0 radical (unpaired) electrons. The van der Waals surface area contributed by atoms with Gasteiger partial charge in [-0.2, -0.15) is 0 Å². The Morgan fingerprint density at radius 1 is 1.56 bits per heavy atom. The first-order valence-electron chi connectivity index (χ1n) is 2.76. The van der Waals surface area contributed by atoms with Gasteiger partial charge in [-0.3, -0.25) is 0 Å². The summed E-state index contributed by atoms with van der Waals surface area (Å²) >= 11 is 10.5. The van der Waals surface area contributed by atoms with Crippen molar-refractivity contribution in [3.8, 4) is 0 Å². The van der Waals surface area contributed by atoms with E-state index in [-0.39, 0.29) is 0 Å². The largest absolute Gasteiger partial charge is 0.352 e. The van der Waals surface area contributed by atoms with Crippen molar-refractivity contribution in [3.63, 3.8) is 0 Å². The summed E-state index contributed by atoms with van der Waals surface area (Å²) in [4.78, 5) is 0. The van der Waals surface area contributed by atoms with Crippen LogP contribution in [0.3, 0.4) is 0 Å². The van der Waals surface area contributed by atoms with Gasteiger partial charge in [0.05, 0.1) is 0 Å². The summed E-state index contributed by atoms with van der Waals surface area (Å²) in [5.74, 6) is 0. The van der Waals surface area contributed by atoms with Crippen LogP contribution in [-0.2, 0) is 0 Å². The van der Waals surface area contributed by atoms with Gasteiger partial charge in [0.25, 0.3) is 5.25 Å². The molecule has 56 valence electrons. The molecule has 1 unspecified atom stereocenters. The number of hydrogen-bond acceptors (Lipinski definition) is 2. The minimum absolute atomic E-state index is 0.498.